The lowest BCUT2D eigenvalue weighted by atomic mass is 9.97. The predicted molar refractivity (Wildman–Crippen MR) is 159 cm³/mol. The van der Waals surface area contributed by atoms with Crippen LogP contribution in [-0.2, 0) is 27.2 Å². The first kappa shape index (κ1) is 30.2. The Kier molecular flexibility index (Phi) is 10.5. The molecule has 1 fully saturated rings. The zero-order valence-electron chi connectivity index (χ0n) is 24.6. The van der Waals surface area contributed by atoms with E-state index < -0.39 is 24.0 Å². The van der Waals surface area contributed by atoms with E-state index in [4.69, 9.17) is 9.97 Å². The van der Waals surface area contributed by atoms with Crippen LogP contribution in [0, 0.1) is 11.8 Å². The molecular formula is C30H44N8O3. The molecular weight excluding hydrogens is 520 g/mol. The Labute approximate surface area is 242 Å². The summed E-state index contributed by atoms with van der Waals surface area (Å²) in [5, 5.41) is 15.3. The summed E-state index contributed by atoms with van der Waals surface area (Å²) in [4.78, 5) is 51.3. The number of benzene rings is 1. The summed E-state index contributed by atoms with van der Waals surface area (Å²) in [6.45, 7) is 8.62. The van der Waals surface area contributed by atoms with Gasteiger partial charge in [-0.1, -0.05) is 44.2 Å². The van der Waals surface area contributed by atoms with E-state index in [0.717, 1.165) is 43.7 Å². The van der Waals surface area contributed by atoms with Crippen molar-refractivity contribution >= 4 is 29.5 Å². The number of anilines is 2. The van der Waals surface area contributed by atoms with E-state index in [1.54, 1.807) is 6.92 Å². The Morgan fingerprint density at radius 1 is 0.976 bits per heavy atom. The second kappa shape index (κ2) is 14.2. The van der Waals surface area contributed by atoms with E-state index >= 15 is 0 Å². The van der Waals surface area contributed by atoms with Crippen LogP contribution in [0.1, 0.15) is 44.9 Å². The highest BCUT2D eigenvalue weighted by Gasteiger charge is 2.30. The molecule has 0 unspecified atom stereocenters. The molecule has 2 aliphatic heterocycles. The highest BCUT2D eigenvalue weighted by molar-refractivity contribution is 5.93. The lowest BCUT2D eigenvalue weighted by Crippen LogP contribution is -2.56. The van der Waals surface area contributed by atoms with Crippen molar-refractivity contribution < 1.29 is 14.4 Å². The maximum absolute atomic E-state index is 13.7. The molecule has 0 spiro atoms. The van der Waals surface area contributed by atoms with Gasteiger partial charge in [0.1, 0.15) is 23.9 Å². The SMILES string of the molecule is CC(C)[C@H]1NC(=O)[C@H](Cc2ccccc2)Nc2cc(nc(NCC3CCN(C)CC3)n2)CCNC(=O)[C@H](C)NC1=O. The summed E-state index contributed by atoms with van der Waals surface area (Å²) in [7, 11) is 2.14. The van der Waals surface area contributed by atoms with Crippen LogP contribution in [-0.4, -0.2) is 83.9 Å². The third-order valence-corrected chi connectivity index (χ3v) is 7.77. The number of likely N-dealkylation sites (tertiary alicyclic amines) is 1. The molecule has 222 valence electrons. The quantitative estimate of drug-likeness (QED) is 0.356. The molecule has 1 aromatic heterocycles. The van der Waals surface area contributed by atoms with Gasteiger partial charge in [0.2, 0.25) is 23.7 Å². The fraction of sp³-hybridized carbons (Fsp3) is 0.567. The fourth-order valence-electron chi connectivity index (χ4n) is 5.14. The molecule has 1 saturated heterocycles. The van der Waals surface area contributed by atoms with Gasteiger partial charge in [-0.25, -0.2) is 4.98 Å². The molecule has 3 amide bonds. The smallest absolute Gasteiger partial charge is 0.243 e. The van der Waals surface area contributed by atoms with Crippen LogP contribution in [0.3, 0.4) is 0 Å². The summed E-state index contributed by atoms with van der Waals surface area (Å²) in [6, 6.07) is 9.30. The zero-order chi connectivity index (χ0) is 29.4. The van der Waals surface area contributed by atoms with Crippen LogP contribution < -0.4 is 26.6 Å². The van der Waals surface area contributed by atoms with Crippen molar-refractivity contribution in [3.63, 3.8) is 0 Å². The van der Waals surface area contributed by atoms with Crippen LogP contribution in [0.25, 0.3) is 0 Å². The summed E-state index contributed by atoms with van der Waals surface area (Å²) in [5.74, 6) is 0.328. The largest absolute Gasteiger partial charge is 0.358 e. The van der Waals surface area contributed by atoms with Crippen molar-refractivity contribution in [3.8, 4) is 0 Å². The van der Waals surface area contributed by atoms with Crippen LogP contribution in [0.2, 0.25) is 0 Å². The monoisotopic (exact) mass is 564 g/mol. The van der Waals surface area contributed by atoms with Crippen molar-refractivity contribution in [1.29, 1.82) is 0 Å². The Bertz CT molecular complexity index is 1180. The number of fused-ring (bicyclic) bond motifs is 2. The third kappa shape index (κ3) is 8.88. The highest BCUT2D eigenvalue weighted by Crippen LogP contribution is 2.19. The maximum Gasteiger partial charge on any atom is 0.243 e. The molecule has 0 radical (unpaired) electrons. The molecule has 3 atom stereocenters. The first-order valence-electron chi connectivity index (χ1n) is 14.7. The van der Waals surface area contributed by atoms with Crippen LogP contribution in [0.5, 0.6) is 0 Å². The van der Waals surface area contributed by atoms with Crippen molar-refractivity contribution in [2.75, 3.05) is 43.9 Å². The Hall–Kier alpha value is -3.73. The van der Waals surface area contributed by atoms with Crippen LogP contribution in [0.4, 0.5) is 11.8 Å². The molecule has 1 aromatic carbocycles. The molecule has 0 aliphatic carbocycles. The Balaban J connectivity index is 1.62. The number of carbonyl (C=O) groups is 3. The first-order chi connectivity index (χ1) is 19.7. The second-order valence-electron chi connectivity index (χ2n) is 11.6. The number of carbonyl (C=O) groups excluding carboxylic acids is 3. The number of amides is 3. The van der Waals surface area contributed by atoms with E-state index in [1.165, 1.54) is 0 Å². The van der Waals surface area contributed by atoms with E-state index in [2.05, 4.69) is 38.5 Å². The van der Waals surface area contributed by atoms with Gasteiger partial charge in [-0.2, -0.15) is 4.98 Å². The first-order valence-corrected chi connectivity index (χ1v) is 14.7. The Morgan fingerprint density at radius 3 is 2.41 bits per heavy atom. The van der Waals surface area contributed by atoms with E-state index in [1.807, 2.05) is 50.2 Å². The summed E-state index contributed by atoms with van der Waals surface area (Å²) in [6.07, 6.45) is 3.09. The average Bonchev–Trinajstić information content (AvgIpc) is 2.95. The normalized spacial score (nSPS) is 23.4. The van der Waals surface area contributed by atoms with Gasteiger partial charge in [-0.3, -0.25) is 14.4 Å². The summed E-state index contributed by atoms with van der Waals surface area (Å²) >= 11 is 0. The lowest BCUT2D eigenvalue weighted by molar-refractivity contribution is -0.132. The summed E-state index contributed by atoms with van der Waals surface area (Å²) in [5.41, 5.74) is 1.71. The molecule has 2 aromatic rings. The van der Waals surface area contributed by atoms with E-state index in [0.29, 0.717) is 37.1 Å². The Morgan fingerprint density at radius 2 is 1.71 bits per heavy atom. The van der Waals surface area contributed by atoms with Gasteiger partial charge < -0.3 is 31.5 Å². The van der Waals surface area contributed by atoms with Gasteiger partial charge in [0.05, 0.1) is 0 Å². The average molecular weight is 565 g/mol. The molecule has 3 heterocycles. The molecule has 5 N–H and O–H groups in total. The summed E-state index contributed by atoms with van der Waals surface area (Å²) < 4.78 is 0. The number of hydrogen-bond acceptors (Lipinski definition) is 8. The number of nitrogens with one attached hydrogen (secondary N) is 5. The fourth-order valence-corrected chi connectivity index (χ4v) is 5.14. The maximum atomic E-state index is 13.7. The topological polar surface area (TPSA) is 140 Å². The standard InChI is InChI=1S/C30H44N8O3/c1-19(2)26-29(41)33-20(3)27(39)31-13-10-23-17-25(35-24(28(40)37-26)16-21-8-6-5-7-9-21)36-30(34-23)32-18-22-11-14-38(4)15-12-22/h5-9,17,19-20,22,24,26H,10-16,18H2,1-4H3,(H,31,39)(H,33,41)(H,37,40)(H2,32,34,35,36)/t20-,24-,26+/m0/s1. The number of rotatable bonds is 6. The van der Waals surface area contributed by atoms with Gasteiger partial charge in [0.15, 0.2) is 0 Å². The lowest BCUT2D eigenvalue weighted by Gasteiger charge is -2.29. The van der Waals surface area contributed by atoms with Crippen molar-refractivity contribution in [3.05, 3.63) is 47.7 Å². The number of hydrogen-bond donors (Lipinski definition) is 5. The van der Waals surface area contributed by atoms with Gasteiger partial charge in [-0.05, 0) is 57.3 Å². The molecule has 4 rings (SSSR count). The molecule has 2 aliphatic rings. The number of aromatic nitrogens is 2. The van der Waals surface area contributed by atoms with Crippen LogP contribution in [0.15, 0.2) is 36.4 Å². The minimum absolute atomic E-state index is 0.191. The number of piperidine rings is 1. The third-order valence-electron chi connectivity index (χ3n) is 7.77. The predicted octanol–water partition coefficient (Wildman–Crippen LogP) is 1.57. The molecule has 11 heteroatoms. The van der Waals surface area contributed by atoms with Crippen molar-refractivity contribution in [2.24, 2.45) is 11.8 Å². The molecule has 41 heavy (non-hydrogen) atoms. The van der Waals surface area contributed by atoms with Gasteiger partial charge in [-0.15, -0.1) is 0 Å². The second-order valence-corrected chi connectivity index (χ2v) is 11.6. The van der Waals surface area contributed by atoms with Crippen molar-refractivity contribution in [2.45, 2.75) is 64.6 Å². The number of nitrogens with zero attached hydrogens (tertiary/aromatic N) is 3. The molecule has 11 nitrogen and oxygen atoms in total. The van der Waals surface area contributed by atoms with Gasteiger partial charge >= 0.3 is 0 Å². The van der Waals surface area contributed by atoms with Gasteiger partial charge in [0, 0.05) is 37.7 Å². The molecule has 0 saturated carbocycles. The van der Waals surface area contributed by atoms with Gasteiger partial charge in [0.25, 0.3) is 0 Å². The van der Waals surface area contributed by atoms with E-state index in [9.17, 15) is 14.4 Å². The highest BCUT2D eigenvalue weighted by atomic mass is 16.2. The molecule has 2 bridgehead atoms. The van der Waals surface area contributed by atoms with Crippen LogP contribution >= 0.6 is 0 Å². The minimum Gasteiger partial charge on any atom is -0.358 e. The van der Waals surface area contributed by atoms with Crippen molar-refractivity contribution in [1.82, 2.24) is 30.8 Å². The zero-order valence-corrected chi connectivity index (χ0v) is 24.6. The van der Waals surface area contributed by atoms with E-state index in [-0.39, 0.29) is 17.7 Å². The minimum atomic E-state index is -0.810.